The Labute approximate surface area is 72.9 Å². The van der Waals surface area contributed by atoms with Crippen molar-refractivity contribution in [1.82, 2.24) is 5.32 Å². The molecule has 62 valence electrons. The fraction of sp³-hybridized carbons (Fsp3) is 0.455. The zero-order valence-corrected chi connectivity index (χ0v) is 7.46. The van der Waals surface area contributed by atoms with Crippen LogP contribution in [0.25, 0.3) is 0 Å². The first-order chi connectivity index (χ1) is 5.67. The van der Waals surface area contributed by atoms with Gasteiger partial charge in [0.05, 0.1) is 0 Å². The summed E-state index contributed by atoms with van der Waals surface area (Å²) in [5, 5.41) is 3.33. The Morgan fingerprint density at radius 3 is 2.92 bits per heavy atom. The average Bonchev–Trinajstić information content (AvgIpc) is 2.30. The molecule has 1 N–H and O–H groups in total. The summed E-state index contributed by atoms with van der Waals surface area (Å²) in [7, 11) is 0. The molecular weight excluding hydrogens is 146 g/mol. The van der Waals surface area contributed by atoms with Gasteiger partial charge in [0.15, 0.2) is 0 Å². The second kappa shape index (κ2) is 1.54. The Kier molecular flexibility index (Phi) is 0.837. The number of nitrogens with one attached hydrogen (secondary N) is 1. The molecule has 0 aromatic heterocycles. The van der Waals surface area contributed by atoms with E-state index in [9.17, 15) is 0 Å². The molecule has 2 aliphatic carbocycles. The van der Waals surface area contributed by atoms with E-state index in [1.54, 1.807) is 0 Å². The monoisotopic (exact) mass is 159 g/mol. The lowest BCUT2D eigenvalue weighted by Crippen LogP contribution is -2.51. The average molecular weight is 159 g/mol. The lowest BCUT2D eigenvalue weighted by molar-refractivity contribution is 0.143. The summed E-state index contributed by atoms with van der Waals surface area (Å²) < 4.78 is 0. The molecule has 0 fully saturated rings. The van der Waals surface area contributed by atoms with Crippen molar-refractivity contribution in [2.75, 3.05) is 0 Å². The molecule has 0 aromatic carbocycles. The maximum atomic E-state index is 3.33. The molecule has 3 aliphatic rings. The van der Waals surface area contributed by atoms with E-state index < -0.39 is 0 Å². The van der Waals surface area contributed by atoms with E-state index >= 15 is 0 Å². The highest BCUT2D eigenvalue weighted by atomic mass is 14.9. The molecule has 1 heterocycles. The van der Waals surface area contributed by atoms with Gasteiger partial charge in [-0.05, 0) is 6.20 Å². The number of allylic oxidation sites excluding steroid dienone is 5. The van der Waals surface area contributed by atoms with Crippen LogP contribution in [0.4, 0.5) is 0 Å². The summed E-state index contributed by atoms with van der Waals surface area (Å²) in [6, 6.07) is 0. The van der Waals surface area contributed by atoms with Gasteiger partial charge in [0.25, 0.3) is 0 Å². The van der Waals surface area contributed by atoms with Crippen LogP contribution in [0.5, 0.6) is 0 Å². The topological polar surface area (TPSA) is 12.0 Å². The van der Waals surface area contributed by atoms with E-state index in [4.69, 9.17) is 0 Å². The molecule has 0 saturated heterocycles. The normalized spacial score (nSPS) is 52.5. The Balaban J connectivity index is 2.23. The molecule has 3 unspecified atom stereocenters. The summed E-state index contributed by atoms with van der Waals surface area (Å²) in [4.78, 5) is 0. The van der Waals surface area contributed by atoms with Gasteiger partial charge in [0, 0.05) is 22.4 Å². The van der Waals surface area contributed by atoms with Crippen LogP contribution in [0.3, 0.4) is 0 Å². The third kappa shape index (κ3) is 0.423. The van der Waals surface area contributed by atoms with Gasteiger partial charge in [-0.25, -0.2) is 0 Å². The minimum Gasteiger partial charge on any atom is -0.365 e. The first-order valence-electron chi connectivity index (χ1n) is 4.53. The Hall–Kier alpha value is -0.980. The molecule has 1 aliphatic heterocycles. The molecule has 1 heteroatoms. The Bertz CT molecular complexity index is 337. The predicted molar refractivity (Wildman–Crippen MR) is 49.2 cm³/mol. The van der Waals surface area contributed by atoms with Crippen LogP contribution in [-0.2, 0) is 0 Å². The summed E-state index contributed by atoms with van der Waals surface area (Å²) in [6.07, 6.45) is 11.3. The minimum absolute atomic E-state index is 0.310. The molecule has 1 nitrogen and oxygen atoms in total. The molecule has 0 aromatic rings. The molecule has 0 spiro atoms. The zero-order valence-electron chi connectivity index (χ0n) is 7.46. The van der Waals surface area contributed by atoms with Crippen LogP contribution in [0.2, 0.25) is 0 Å². The molecule has 0 amide bonds. The molecular formula is C11H13N. The van der Waals surface area contributed by atoms with E-state index in [2.05, 4.69) is 49.7 Å². The van der Waals surface area contributed by atoms with Gasteiger partial charge in [-0.2, -0.15) is 0 Å². The van der Waals surface area contributed by atoms with Crippen molar-refractivity contribution in [3.8, 4) is 0 Å². The highest BCUT2D eigenvalue weighted by Gasteiger charge is 2.59. The van der Waals surface area contributed by atoms with Crippen LogP contribution >= 0.6 is 0 Å². The SMILES string of the molecule is CC12C=CC3C=CNC(=C1)C32C. The van der Waals surface area contributed by atoms with Gasteiger partial charge in [0.2, 0.25) is 0 Å². The number of rotatable bonds is 0. The standard InChI is InChI=1S/C11H13N/c1-10-5-3-8-4-6-12-9(7-10)11(8,10)2/h3-8,12H,1-2H3. The van der Waals surface area contributed by atoms with Crippen LogP contribution in [-0.4, -0.2) is 0 Å². The van der Waals surface area contributed by atoms with Crippen molar-refractivity contribution in [2.45, 2.75) is 13.8 Å². The first kappa shape index (κ1) is 6.53. The third-order valence-electron chi connectivity index (χ3n) is 3.98. The summed E-state index contributed by atoms with van der Waals surface area (Å²) in [6.45, 7) is 4.66. The molecule has 0 radical (unpaired) electrons. The van der Waals surface area contributed by atoms with E-state index in [1.807, 2.05) is 0 Å². The van der Waals surface area contributed by atoms with E-state index in [1.165, 1.54) is 5.70 Å². The summed E-state index contributed by atoms with van der Waals surface area (Å²) in [5.41, 5.74) is 2.05. The second-order valence-electron chi connectivity index (χ2n) is 4.43. The van der Waals surface area contributed by atoms with Crippen molar-refractivity contribution in [3.05, 3.63) is 36.2 Å². The van der Waals surface area contributed by atoms with Crippen LogP contribution < -0.4 is 5.32 Å². The van der Waals surface area contributed by atoms with Gasteiger partial charge in [0.1, 0.15) is 0 Å². The second-order valence-corrected chi connectivity index (χ2v) is 4.43. The largest absolute Gasteiger partial charge is 0.365 e. The van der Waals surface area contributed by atoms with Gasteiger partial charge < -0.3 is 5.32 Å². The van der Waals surface area contributed by atoms with E-state index in [0.29, 0.717) is 16.7 Å². The molecule has 0 bridgehead atoms. The fourth-order valence-electron chi connectivity index (χ4n) is 2.76. The summed E-state index contributed by atoms with van der Waals surface area (Å²) in [5.74, 6) is 0.615. The summed E-state index contributed by atoms with van der Waals surface area (Å²) >= 11 is 0. The van der Waals surface area contributed by atoms with Crippen molar-refractivity contribution in [3.63, 3.8) is 0 Å². The predicted octanol–water partition coefficient (Wildman–Crippen LogP) is 2.20. The lowest BCUT2D eigenvalue weighted by atomic mass is 9.53. The van der Waals surface area contributed by atoms with Crippen LogP contribution in [0, 0.1) is 16.7 Å². The van der Waals surface area contributed by atoms with E-state index in [0.717, 1.165) is 0 Å². The molecule has 12 heavy (non-hydrogen) atoms. The zero-order chi connectivity index (χ0) is 8.40. The molecule has 3 atom stereocenters. The maximum Gasteiger partial charge on any atom is 0.0294 e. The lowest BCUT2D eigenvalue weighted by Gasteiger charge is -2.53. The van der Waals surface area contributed by atoms with Crippen LogP contribution in [0.1, 0.15) is 13.8 Å². The van der Waals surface area contributed by atoms with Gasteiger partial charge in [-0.3, -0.25) is 0 Å². The van der Waals surface area contributed by atoms with Crippen LogP contribution in [0.15, 0.2) is 36.2 Å². The maximum absolute atomic E-state index is 3.33. The fourth-order valence-corrected chi connectivity index (χ4v) is 2.76. The van der Waals surface area contributed by atoms with Crippen molar-refractivity contribution in [1.29, 1.82) is 0 Å². The highest BCUT2D eigenvalue weighted by Crippen LogP contribution is 2.64. The number of hydrogen-bond acceptors (Lipinski definition) is 1. The minimum atomic E-state index is 0.310. The van der Waals surface area contributed by atoms with Gasteiger partial charge >= 0.3 is 0 Å². The first-order valence-corrected chi connectivity index (χ1v) is 4.53. The third-order valence-corrected chi connectivity index (χ3v) is 3.98. The quantitative estimate of drug-likeness (QED) is 0.534. The van der Waals surface area contributed by atoms with Crippen molar-refractivity contribution in [2.24, 2.45) is 16.7 Å². The highest BCUT2D eigenvalue weighted by molar-refractivity contribution is 5.48. The smallest absolute Gasteiger partial charge is 0.0294 e. The van der Waals surface area contributed by atoms with Gasteiger partial charge in [-0.1, -0.05) is 38.2 Å². The van der Waals surface area contributed by atoms with Crippen molar-refractivity contribution < 1.29 is 0 Å². The Morgan fingerprint density at radius 2 is 2.17 bits per heavy atom. The molecule has 3 rings (SSSR count). The molecule has 0 saturated carbocycles. The van der Waals surface area contributed by atoms with Crippen molar-refractivity contribution >= 4 is 0 Å². The van der Waals surface area contributed by atoms with E-state index in [-0.39, 0.29) is 0 Å². The van der Waals surface area contributed by atoms with Gasteiger partial charge in [-0.15, -0.1) is 0 Å². The number of hydrogen-bond donors (Lipinski definition) is 1. The Morgan fingerprint density at radius 1 is 1.33 bits per heavy atom.